The fourth-order valence-electron chi connectivity index (χ4n) is 2.78. The maximum atomic E-state index is 12.5. The van der Waals surface area contributed by atoms with Gasteiger partial charge in [-0.05, 0) is 25.8 Å². The molecule has 0 aromatic heterocycles. The molecule has 2 atom stereocenters. The molecule has 1 aliphatic rings. The Balaban J connectivity index is 1.75. The van der Waals surface area contributed by atoms with Gasteiger partial charge in [0.1, 0.15) is 12.2 Å². The number of nitrogens with one attached hydrogen (secondary N) is 2. The zero-order valence-electron chi connectivity index (χ0n) is 16.5. The van der Waals surface area contributed by atoms with Gasteiger partial charge in [0, 0.05) is 18.5 Å². The van der Waals surface area contributed by atoms with Gasteiger partial charge in [0.15, 0.2) is 5.79 Å². The molecule has 3 N–H and O–H groups in total. The van der Waals surface area contributed by atoms with E-state index in [0.717, 1.165) is 5.56 Å². The lowest BCUT2D eigenvalue weighted by molar-refractivity contribution is -0.304. The van der Waals surface area contributed by atoms with Crippen molar-refractivity contribution in [3.05, 3.63) is 35.9 Å². The molecule has 0 radical (unpaired) electrons. The average molecular weight is 378 g/mol. The lowest BCUT2D eigenvalue weighted by Gasteiger charge is -2.44. The van der Waals surface area contributed by atoms with Crippen LogP contribution in [0.3, 0.4) is 0 Å². The van der Waals surface area contributed by atoms with Crippen molar-refractivity contribution in [3.63, 3.8) is 0 Å². The number of carbonyl (C=O) groups excluding carboxylic acids is 2. The Bertz CT molecular complexity index is 645. The molecule has 7 heteroatoms. The van der Waals surface area contributed by atoms with E-state index in [1.54, 1.807) is 13.8 Å². The fourth-order valence-corrected chi connectivity index (χ4v) is 2.78. The molecule has 7 nitrogen and oxygen atoms in total. The SMILES string of the molecule is CC1(C)OCC(C)(C)[C@H](C(=O)NCCC(O)C(=O)NCc2ccccc2)O1. The van der Waals surface area contributed by atoms with E-state index in [4.69, 9.17) is 9.47 Å². The topological polar surface area (TPSA) is 96.9 Å². The molecular weight excluding hydrogens is 348 g/mol. The summed E-state index contributed by atoms with van der Waals surface area (Å²) in [7, 11) is 0. The van der Waals surface area contributed by atoms with Crippen LogP contribution in [0.2, 0.25) is 0 Å². The van der Waals surface area contributed by atoms with Crippen LogP contribution in [0.25, 0.3) is 0 Å². The monoisotopic (exact) mass is 378 g/mol. The van der Waals surface area contributed by atoms with Crippen LogP contribution in [0, 0.1) is 5.41 Å². The van der Waals surface area contributed by atoms with Gasteiger partial charge in [-0.15, -0.1) is 0 Å². The Labute approximate surface area is 160 Å². The number of rotatable bonds is 7. The van der Waals surface area contributed by atoms with Crippen molar-refractivity contribution in [1.82, 2.24) is 10.6 Å². The van der Waals surface area contributed by atoms with Gasteiger partial charge in [-0.2, -0.15) is 0 Å². The third kappa shape index (κ3) is 6.30. The first-order valence-corrected chi connectivity index (χ1v) is 9.20. The molecular formula is C20H30N2O5. The zero-order valence-corrected chi connectivity index (χ0v) is 16.5. The van der Waals surface area contributed by atoms with Crippen molar-refractivity contribution >= 4 is 11.8 Å². The molecule has 1 fully saturated rings. The van der Waals surface area contributed by atoms with Crippen molar-refractivity contribution in [2.24, 2.45) is 5.41 Å². The molecule has 2 rings (SSSR count). The van der Waals surface area contributed by atoms with E-state index >= 15 is 0 Å². The second kappa shape index (κ2) is 8.82. The first kappa shape index (κ1) is 21.3. The minimum atomic E-state index is -1.19. The Morgan fingerprint density at radius 3 is 2.52 bits per heavy atom. The first-order chi connectivity index (χ1) is 12.6. The Morgan fingerprint density at radius 2 is 1.85 bits per heavy atom. The molecule has 1 heterocycles. The normalized spacial score (nSPS) is 21.9. The summed E-state index contributed by atoms with van der Waals surface area (Å²) in [5.74, 6) is -1.56. The highest BCUT2D eigenvalue weighted by atomic mass is 16.7. The standard InChI is InChI=1S/C20H30N2O5/c1-19(2)13-26-20(3,4)27-16(19)18(25)21-11-10-15(23)17(24)22-12-14-8-6-5-7-9-14/h5-9,15-16,23H,10-13H2,1-4H3,(H,21,25)(H,22,24)/t15?,16-/m0/s1. The van der Waals surface area contributed by atoms with E-state index in [1.807, 2.05) is 44.2 Å². The number of ether oxygens (including phenoxy) is 2. The molecule has 27 heavy (non-hydrogen) atoms. The second-order valence-electron chi connectivity index (χ2n) is 7.97. The van der Waals surface area contributed by atoms with Gasteiger partial charge in [0.25, 0.3) is 0 Å². The van der Waals surface area contributed by atoms with Crippen LogP contribution >= 0.6 is 0 Å². The quantitative estimate of drug-likeness (QED) is 0.665. The van der Waals surface area contributed by atoms with E-state index in [-0.39, 0.29) is 18.9 Å². The van der Waals surface area contributed by atoms with Gasteiger partial charge < -0.3 is 25.2 Å². The minimum Gasteiger partial charge on any atom is -0.383 e. The highest BCUT2D eigenvalue weighted by Crippen LogP contribution is 2.34. The molecule has 1 saturated heterocycles. The zero-order chi connectivity index (χ0) is 20.1. The lowest BCUT2D eigenvalue weighted by atomic mass is 9.85. The number of hydrogen-bond acceptors (Lipinski definition) is 5. The van der Waals surface area contributed by atoms with Crippen LogP contribution in [0.4, 0.5) is 0 Å². The molecule has 0 spiro atoms. The molecule has 1 aromatic rings. The second-order valence-corrected chi connectivity index (χ2v) is 7.97. The minimum absolute atomic E-state index is 0.124. The predicted molar refractivity (Wildman–Crippen MR) is 101 cm³/mol. The summed E-state index contributed by atoms with van der Waals surface area (Å²) < 4.78 is 11.4. The number of aliphatic hydroxyl groups excluding tert-OH is 1. The Morgan fingerprint density at radius 1 is 1.19 bits per heavy atom. The number of carbonyl (C=O) groups is 2. The van der Waals surface area contributed by atoms with Gasteiger partial charge >= 0.3 is 0 Å². The molecule has 0 aliphatic carbocycles. The van der Waals surface area contributed by atoms with Crippen LogP contribution in [-0.2, 0) is 25.6 Å². The number of benzene rings is 1. The van der Waals surface area contributed by atoms with Crippen molar-refractivity contribution in [2.75, 3.05) is 13.2 Å². The summed E-state index contributed by atoms with van der Waals surface area (Å²) in [4.78, 5) is 24.5. The Hall–Kier alpha value is -1.96. The predicted octanol–water partition coefficient (Wildman–Crippen LogP) is 1.35. The van der Waals surface area contributed by atoms with Crippen LogP contribution in [0.1, 0.15) is 39.7 Å². The van der Waals surface area contributed by atoms with Gasteiger partial charge in [0.05, 0.1) is 6.61 Å². The number of amides is 2. The maximum Gasteiger partial charge on any atom is 0.249 e. The molecule has 150 valence electrons. The largest absolute Gasteiger partial charge is 0.383 e. The number of hydrogen-bond donors (Lipinski definition) is 3. The third-order valence-electron chi connectivity index (χ3n) is 4.47. The lowest BCUT2D eigenvalue weighted by Crippen LogP contribution is -2.56. The fraction of sp³-hybridized carbons (Fsp3) is 0.600. The molecule has 1 aliphatic heterocycles. The van der Waals surface area contributed by atoms with Gasteiger partial charge in [-0.3, -0.25) is 9.59 Å². The van der Waals surface area contributed by atoms with Crippen LogP contribution < -0.4 is 10.6 Å². The van der Waals surface area contributed by atoms with Crippen molar-refractivity contribution in [1.29, 1.82) is 0 Å². The maximum absolute atomic E-state index is 12.5. The van der Waals surface area contributed by atoms with Crippen LogP contribution in [-0.4, -0.2) is 48.1 Å². The first-order valence-electron chi connectivity index (χ1n) is 9.20. The smallest absolute Gasteiger partial charge is 0.249 e. The van der Waals surface area contributed by atoms with E-state index < -0.39 is 29.3 Å². The summed E-state index contributed by atoms with van der Waals surface area (Å²) in [5.41, 5.74) is 0.485. The Kier molecular flexibility index (Phi) is 6.97. The van der Waals surface area contributed by atoms with Crippen LogP contribution in [0.5, 0.6) is 0 Å². The van der Waals surface area contributed by atoms with E-state index in [2.05, 4.69) is 10.6 Å². The van der Waals surface area contributed by atoms with Gasteiger partial charge in [0.2, 0.25) is 11.8 Å². The number of aliphatic hydroxyl groups is 1. The summed E-state index contributed by atoms with van der Waals surface area (Å²) >= 11 is 0. The molecule has 2 amide bonds. The molecule has 0 saturated carbocycles. The van der Waals surface area contributed by atoms with E-state index in [9.17, 15) is 14.7 Å². The molecule has 1 unspecified atom stereocenters. The molecule has 1 aromatic carbocycles. The van der Waals surface area contributed by atoms with Crippen molar-refractivity contribution in [3.8, 4) is 0 Å². The van der Waals surface area contributed by atoms with Crippen molar-refractivity contribution in [2.45, 2.75) is 58.7 Å². The summed E-state index contributed by atoms with van der Waals surface area (Å²) in [6.45, 7) is 8.27. The average Bonchev–Trinajstić information content (AvgIpc) is 2.62. The van der Waals surface area contributed by atoms with E-state index in [0.29, 0.717) is 13.2 Å². The highest BCUT2D eigenvalue weighted by Gasteiger charge is 2.45. The third-order valence-corrected chi connectivity index (χ3v) is 4.47. The summed E-state index contributed by atoms with van der Waals surface area (Å²) in [6.07, 6.45) is -1.72. The summed E-state index contributed by atoms with van der Waals surface area (Å²) in [5, 5.41) is 15.4. The highest BCUT2D eigenvalue weighted by molar-refractivity contribution is 5.82. The van der Waals surface area contributed by atoms with Crippen molar-refractivity contribution < 1.29 is 24.2 Å². The van der Waals surface area contributed by atoms with E-state index in [1.165, 1.54) is 0 Å². The summed E-state index contributed by atoms with van der Waals surface area (Å²) in [6, 6.07) is 9.45. The van der Waals surface area contributed by atoms with Gasteiger partial charge in [-0.25, -0.2) is 0 Å². The van der Waals surface area contributed by atoms with Crippen LogP contribution in [0.15, 0.2) is 30.3 Å². The van der Waals surface area contributed by atoms with Gasteiger partial charge in [-0.1, -0.05) is 44.2 Å². The molecule has 0 bridgehead atoms.